The molecular weight excluding hydrogens is 255 g/mol. The van der Waals surface area contributed by atoms with Crippen molar-refractivity contribution in [3.63, 3.8) is 0 Å². The molecule has 0 aliphatic heterocycles. The number of halogens is 2. The van der Waals surface area contributed by atoms with E-state index in [4.69, 9.17) is 33.0 Å². The third-order valence-corrected chi connectivity index (χ3v) is 2.99. The minimum absolute atomic E-state index is 0.172. The van der Waals surface area contributed by atoms with E-state index in [0.717, 1.165) is 6.42 Å². The lowest BCUT2D eigenvalue weighted by Gasteiger charge is -2.24. The number of ether oxygens (including phenoxy) is 1. The van der Waals surface area contributed by atoms with Crippen molar-refractivity contribution < 1.29 is 19.4 Å². The van der Waals surface area contributed by atoms with E-state index in [0.29, 0.717) is 12.8 Å². The second kappa shape index (κ2) is 6.97. The Morgan fingerprint density at radius 2 is 1.94 bits per heavy atom. The van der Waals surface area contributed by atoms with Crippen molar-refractivity contribution in [3.05, 3.63) is 0 Å². The summed E-state index contributed by atoms with van der Waals surface area (Å²) in [6.45, 7) is 3.73. The molecule has 0 bridgehead atoms. The Balaban J connectivity index is 4.78. The summed E-state index contributed by atoms with van der Waals surface area (Å²) in [5.41, 5.74) is 0. The van der Waals surface area contributed by atoms with Crippen LogP contribution >= 0.6 is 23.2 Å². The van der Waals surface area contributed by atoms with Crippen molar-refractivity contribution in [2.45, 2.75) is 37.4 Å². The highest BCUT2D eigenvalue weighted by Crippen LogP contribution is 2.35. The monoisotopic (exact) mass is 270 g/mol. The molecule has 1 N–H and O–H groups in total. The van der Waals surface area contributed by atoms with E-state index >= 15 is 0 Å². The van der Waals surface area contributed by atoms with Crippen molar-refractivity contribution in [1.82, 2.24) is 0 Å². The first-order chi connectivity index (χ1) is 7.37. The largest absolute Gasteiger partial charge is 0.479 e. The van der Waals surface area contributed by atoms with Crippen molar-refractivity contribution in [2.24, 2.45) is 5.92 Å². The van der Waals surface area contributed by atoms with Gasteiger partial charge in [-0.15, -0.1) is 0 Å². The number of carbonyl (C=O) groups excluding carboxylic acids is 1. The van der Waals surface area contributed by atoms with E-state index in [2.05, 4.69) is 0 Å². The van der Waals surface area contributed by atoms with Gasteiger partial charge in [0.2, 0.25) is 4.33 Å². The molecular formula is C10H16Cl2O4. The predicted octanol–water partition coefficient (Wildman–Crippen LogP) is 2.61. The van der Waals surface area contributed by atoms with E-state index in [-0.39, 0.29) is 6.61 Å². The van der Waals surface area contributed by atoms with Gasteiger partial charge in [-0.3, -0.25) is 4.79 Å². The third-order valence-electron chi connectivity index (χ3n) is 2.14. The van der Waals surface area contributed by atoms with Gasteiger partial charge in [0.1, 0.15) is 5.92 Å². The summed E-state index contributed by atoms with van der Waals surface area (Å²) in [7, 11) is 0. The minimum Gasteiger partial charge on any atom is -0.479 e. The van der Waals surface area contributed by atoms with E-state index in [1.165, 1.54) is 0 Å². The number of rotatable bonds is 7. The zero-order valence-corrected chi connectivity index (χ0v) is 10.8. The second-order valence-corrected chi connectivity index (χ2v) is 4.76. The molecule has 0 heterocycles. The lowest BCUT2D eigenvalue weighted by atomic mass is 9.97. The van der Waals surface area contributed by atoms with E-state index in [1.54, 1.807) is 6.92 Å². The van der Waals surface area contributed by atoms with Crippen LogP contribution < -0.4 is 0 Å². The number of hydrogen-bond donors (Lipinski definition) is 1. The molecule has 0 aliphatic rings. The zero-order chi connectivity index (χ0) is 12.8. The van der Waals surface area contributed by atoms with Crippen LogP contribution in [0.3, 0.4) is 0 Å². The highest BCUT2D eigenvalue weighted by atomic mass is 35.5. The van der Waals surface area contributed by atoms with Crippen LogP contribution in [-0.2, 0) is 14.3 Å². The van der Waals surface area contributed by atoms with Gasteiger partial charge in [0.05, 0.1) is 6.61 Å². The summed E-state index contributed by atoms with van der Waals surface area (Å²) in [6.07, 6.45) is 1.78. The number of aliphatic carboxylic acids is 1. The van der Waals surface area contributed by atoms with Crippen molar-refractivity contribution >= 4 is 35.1 Å². The molecule has 1 atom stereocenters. The zero-order valence-electron chi connectivity index (χ0n) is 9.33. The average molecular weight is 271 g/mol. The summed E-state index contributed by atoms with van der Waals surface area (Å²) in [5.74, 6) is -3.12. The summed E-state index contributed by atoms with van der Waals surface area (Å²) in [4.78, 5) is 22.4. The molecule has 0 radical (unpaired) electrons. The number of alkyl halides is 2. The normalized spacial score (nSPS) is 13.2. The van der Waals surface area contributed by atoms with Crippen molar-refractivity contribution in [2.75, 3.05) is 6.61 Å². The molecule has 0 aliphatic carbocycles. The van der Waals surface area contributed by atoms with Crippen LogP contribution in [0.15, 0.2) is 0 Å². The summed E-state index contributed by atoms with van der Waals surface area (Å²) in [6, 6.07) is 0. The molecule has 4 nitrogen and oxygen atoms in total. The van der Waals surface area contributed by atoms with Crippen LogP contribution in [0.1, 0.15) is 33.1 Å². The van der Waals surface area contributed by atoms with Crippen LogP contribution in [0.5, 0.6) is 0 Å². The smallest absolute Gasteiger partial charge is 0.341 e. The molecule has 0 saturated heterocycles. The van der Waals surface area contributed by atoms with Crippen LogP contribution in [-0.4, -0.2) is 28.0 Å². The lowest BCUT2D eigenvalue weighted by molar-refractivity contribution is -0.153. The van der Waals surface area contributed by atoms with Crippen molar-refractivity contribution in [3.8, 4) is 0 Å². The highest BCUT2D eigenvalue weighted by Gasteiger charge is 2.47. The molecule has 0 amide bonds. The van der Waals surface area contributed by atoms with Gasteiger partial charge in [-0.1, -0.05) is 43.0 Å². The highest BCUT2D eigenvalue weighted by molar-refractivity contribution is 6.58. The maximum Gasteiger partial charge on any atom is 0.341 e. The minimum atomic E-state index is -2.12. The molecule has 0 spiro atoms. The number of esters is 1. The van der Waals surface area contributed by atoms with Gasteiger partial charge in [0.25, 0.3) is 0 Å². The molecule has 1 unspecified atom stereocenters. The number of hydrogen-bond acceptors (Lipinski definition) is 3. The number of carboxylic acids is 1. The molecule has 0 rings (SSSR count). The molecule has 16 heavy (non-hydrogen) atoms. The Bertz CT molecular complexity index is 253. The predicted molar refractivity (Wildman–Crippen MR) is 61.7 cm³/mol. The van der Waals surface area contributed by atoms with Gasteiger partial charge >= 0.3 is 11.9 Å². The Kier molecular flexibility index (Phi) is 6.76. The molecule has 6 heteroatoms. The van der Waals surface area contributed by atoms with E-state index in [9.17, 15) is 9.59 Å². The van der Waals surface area contributed by atoms with Crippen LogP contribution in [0.25, 0.3) is 0 Å². The van der Waals surface area contributed by atoms with Crippen LogP contribution in [0.2, 0.25) is 0 Å². The van der Waals surface area contributed by atoms with E-state index < -0.39 is 22.2 Å². The van der Waals surface area contributed by atoms with Gasteiger partial charge < -0.3 is 9.84 Å². The number of unbranched alkanes of at least 4 members (excludes halogenated alkanes) is 1. The lowest BCUT2D eigenvalue weighted by Crippen LogP contribution is -2.40. The third kappa shape index (κ3) is 4.18. The topological polar surface area (TPSA) is 63.6 Å². The first-order valence-electron chi connectivity index (χ1n) is 5.15. The summed E-state index contributed by atoms with van der Waals surface area (Å²) in [5, 5.41) is 8.86. The summed E-state index contributed by atoms with van der Waals surface area (Å²) >= 11 is 11.3. The fraction of sp³-hybridized carbons (Fsp3) is 0.800. The van der Waals surface area contributed by atoms with Gasteiger partial charge in [-0.05, 0) is 13.3 Å². The first kappa shape index (κ1) is 15.5. The van der Waals surface area contributed by atoms with E-state index in [1.807, 2.05) is 6.92 Å². The molecule has 0 aromatic rings. The Hall–Kier alpha value is -0.480. The van der Waals surface area contributed by atoms with Gasteiger partial charge in [0.15, 0.2) is 0 Å². The number of carboxylic acid groups (broad SMARTS) is 1. The SMILES string of the molecule is CCCCC(C(=O)OCC)C(Cl)(Cl)C(=O)O. The molecule has 0 fully saturated rings. The standard InChI is InChI=1S/C10H16Cl2O4/c1-3-5-6-7(8(13)16-4-2)10(11,12)9(14)15/h7H,3-6H2,1-2H3,(H,14,15). The van der Waals surface area contributed by atoms with Gasteiger partial charge in [0, 0.05) is 0 Å². The van der Waals surface area contributed by atoms with Gasteiger partial charge in [-0.2, -0.15) is 0 Å². The van der Waals surface area contributed by atoms with Crippen LogP contribution in [0.4, 0.5) is 0 Å². The second-order valence-electron chi connectivity index (χ2n) is 3.37. The fourth-order valence-corrected chi connectivity index (χ4v) is 1.64. The first-order valence-corrected chi connectivity index (χ1v) is 5.91. The van der Waals surface area contributed by atoms with Crippen molar-refractivity contribution in [1.29, 1.82) is 0 Å². The average Bonchev–Trinajstić information content (AvgIpc) is 2.18. The number of carbonyl (C=O) groups is 2. The Morgan fingerprint density at radius 3 is 2.31 bits per heavy atom. The molecule has 94 valence electrons. The molecule has 0 saturated carbocycles. The maximum absolute atomic E-state index is 11.5. The fourth-order valence-electron chi connectivity index (χ4n) is 1.25. The maximum atomic E-state index is 11.5. The summed E-state index contributed by atoms with van der Waals surface area (Å²) < 4.78 is 2.64. The van der Waals surface area contributed by atoms with Gasteiger partial charge in [-0.25, -0.2) is 4.79 Å². The molecule has 0 aromatic heterocycles. The molecule has 0 aromatic carbocycles. The quantitative estimate of drug-likeness (QED) is 0.571. The Labute approximate surface area is 105 Å². The Morgan fingerprint density at radius 1 is 1.38 bits per heavy atom. The van der Waals surface area contributed by atoms with Crippen LogP contribution in [0, 0.1) is 5.92 Å².